The third-order valence-electron chi connectivity index (χ3n) is 7.28. The van der Waals surface area contributed by atoms with Gasteiger partial charge in [0, 0.05) is 38.4 Å². The van der Waals surface area contributed by atoms with E-state index in [9.17, 15) is 4.79 Å². The zero-order valence-corrected chi connectivity index (χ0v) is 21.7. The Morgan fingerprint density at radius 2 is 1.61 bits per heavy atom. The lowest BCUT2D eigenvalue weighted by Gasteiger charge is -2.26. The van der Waals surface area contributed by atoms with Crippen molar-refractivity contribution in [3.8, 4) is 11.3 Å². The van der Waals surface area contributed by atoms with Crippen LogP contribution in [0.4, 0.5) is 11.8 Å². The Labute approximate surface area is 215 Å². The molecular formula is C28H43N7O. The number of anilines is 2. The van der Waals surface area contributed by atoms with Crippen LogP contribution < -0.4 is 16.4 Å². The van der Waals surface area contributed by atoms with Gasteiger partial charge in [0.15, 0.2) is 0 Å². The number of carbonyl (C=O) groups excluding carboxylic acids is 1. The first-order valence-corrected chi connectivity index (χ1v) is 14.0. The van der Waals surface area contributed by atoms with Gasteiger partial charge in [0.05, 0.1) is 17.3 Å². The molecule has 0 unspecified atom stereocenters. The van der Waals surface area contributed by atoms with Crippen molar-refractivity contribution in [1.29, 1.82) is 0 Å². The summed E-state index contributed by atoms with van der Waals surface area (Å²) in [6, 6.07) is 3.93. The Hall–Kier alpha value is -2.58. The first-order chi connectivity index (χ1) is 17.7. The predicted molar refractivity (Wildman–Crippen MR) is 146 cm³/mol. The van der Waals surface area contributed by atoms with Crippen molar-refractivity contribution >= 4 is 17.5 Å². The topological polar surface area (TPSA) is 109 Å². The van der Waals surface area contributed by atoms with Crippen molar-refractivity contribution in [2.75, 3.05) is 36.8 Å². The van der Waals surface area contributed by atoms with E-state index in [2.05, 4.69) is 32.7 Å². The van der Waals surface area contributed by atoms with Gasteiger partial charge in [-0.05, 0) is 69.7 Å². The van der Waals surface area contributed by atoms with Crippen LogP contribution in [0, 0.1) is 0 Å². The van der Waals surface area contributed by atoms with E-state index >= 15 is 0 Å². The van der Waals surface area contributed by atoms with Gasteiger partial charge in [-0.2, -0.15) is 4.98 Å². The second kappa shape index (κ2) is 14.2. The summed E-state index contributed by atoms with van der Waals surface area (Å²) in [5.41, 5.74) is 9.17. The summed E-state index contributed by atoms with van der Waals surface area (Å²) in [6.07, 6.45) is 16.3. The lowest BCUT2D eigenvalue weighted by molar-refractivity contribution is -0.120. The van der Waals surface area contributed by atoms with Gasteiger partial charge >= 0.3 is 0 Å². The van der Waals surface area contributed by atoms with Gasteiger partial charge in [0.1, 0.15) is 11.6 Å². The molecule has 0 radical (unpaired) electrons. The molecule has 0 saturated carbocycles. The third-order valence-corrected chi connectivity index (χ3v) is 7.28. The smallest absolute Gasteiger partial charge is 0.224 e. The molecule has 1 saturated heterocycles. The molecule has 8 nitrogen and oxygen atoms in total. The molecule has 4 N–H and O–H groups in total. The molecule has 0 spiro atoms. The first-order valence-electron chi connectivity index (χ1n) is 14.0. The van der Waals surface area contributed by atoms with Crippen molar-refractivity contribution in [2.24, 2.45) is 5.73 Å². The normalized spacial score (nSPS) is 21.6. The Kier molecular flexibility index (Phi) is 10.5. The summed E-state index contributed by atoms with van der Waals surface area (Å²) < 4.78 is 0. The minimum Gasteiger partial charge on any atom is -0.369 e. The fourth-order valence-electron chi connectivity index (χ4n) is 5.04. The van der Waals surface area contributed by atoms with Crippen molar-refractivity contribution in [2.45, 2.75) is 89.6 Å². The van der Waals surface area contributed by atoms with E-state index in [1.54, 1.807) is 0 Å². The van der Waals surface area contributed by atoms with Gasteiger partial charge in [0.25, 0.3) is 0 Å². The van der Waals surface area contributed by atoms with Crippen LogP contribution in [0.2, 0.25) is 0 Å². The van der Waals surface area contributed by atoms with Gasteiger partial charge in [-0.25, -0.2) is 4.98 Å². The second-order valence-electron chi connectivity index (χ2n) is 10.3. The Balaban J connectivity index is 1.43. The summed E-state index contributed by atoms with van der Waals surface area (Å²) in [5, 5.41) is 6.87. The second-order valence-corrected chi connectivity index (χ2v) is 10.3. The number of hydrogen-bond acceptors (Lipinski definition) is 8. The molecule has 2 aliphatic heterocycles. The molecule has 0 aliphatic carbocycles. The number of piperidine rings is 1. The number of likely N-dealkylation sites (tertiary alicyclic amines) is 1. The molecule has 2 aromatic rings. The monoisotopic (exact) mass is 493 g/mol. The molecule has 0 amide bonds. The van der Waals surface area contributed by atoms with Crippen molar-refractivity contribution in [3.63, 3.8) is 0 Å². The molecule has 4 heterocycles. The average molecular weight is 494 g/mol. The van der Waals surface area contributed by atoms with Gasteiger partial charge in [-0.15, -0.1) is 0 Å². The molecular weight excluding hydrogens is 450 g/mol. The summed E-state index contributed by atoms with van der Waals surface area (Å²) in [6.45, 7) is 4.92. The fourth-order valence-corrected chi connectivity index (χ4v) is 5.04. The molecule has 0 aromatic carbocycles. The number of Topliss-reactive ketones (excluding diaryl/α,β-unsaturated/α-hetero) is 1. The van der Waals surface area contributed by atoms with Gasteiger partial charge in [0.2, 0.25) is 5.95 Å². The van der Waals surface area contributed by atoms with Crippen molar-refractivity contribution in [1.82, 2.24) is 19.9 Å². The Morgan fingerprint density at radius 3 is 2.44 bits per heavy atom. The number of carbonyl (C=O) groups is 1. The first kappa shape index (κ1) is 26.5. The summed E-state index contributed by atoms with van der Waals surface area (Å²) in [4.78, 5) is 29.0. The van der Waals surface area contributed by atoms with Crippen LogP contribution in [-0.4, -0.2) is 57.9 Å². The van der Waals surface area contributed by atoms with Crippen LogP contribution >= 0.6 is 0 Å². The minimum absolute atomic E-state index is 0.211. The van der Waals surface area contributed by atoms with Crippen molar-refractivity contribution in [3.05, 3.63) is 30.1 Å². The molecule has 8 heteroatoms. The quantitative estimate of drug-likeness (QED) is 0.561. The van der Waals surface area contributed by atoms with E-state index in [4.69, 9.17) is 15.7 Å². The number of pyridine rings is 1. The fraction of sp³-hybridized carbons (Fsp3) is 0.643. The molecule has 2 aliphatic rings. The maximum atomic E-state index is 12.3. The highest BCUT2D eigenvalue weighted by Crippen LogP contribution is 2.26. The highest BCUT2D eigenvalue weighted by Gasteiger charge is 2.15. The SMILES string of the molecule is N[C@@H]1CCCCNc2nc(ncc2-c2ccc(CN3CCCCC3)cn2)NCCCCCCCC1=O. The molecule has 36 heavy (non-hydrogen) atoms. The van der Waals surface area contributed by atoms with E-state index in [-0.39, 0.29) is 11.8 Å². The zero-order valence-electron chi connectivity index (χ0n) is 21.7. The van der Waals surface area contributed by atoms with Crippen LogP contribution in [0.3, 0.4) is 0 Å². The highest BCUT2D eigenvalue weighted by atomic mass is 16.1. The highest BCUT2D eigenvalue weighted by molar-refractivity contribution is 5.83. The summed E-state index contributed by atoms with van der Waals surface area (Å²) in [5.74, 6) is 1.66. The van der Waals surface area contributed by atoms with Crippen LogP contribution in [-0.2, 0) is 11.3 Å². The number of nitrogens with zero attached hydrogens (tertiary/aromatic N) is 4. The maximum absolute atomic E-state index is 12.3. The van der Waals surface area contributed by atoms with E-state index in [1.807, 2.05) is 12.4 Å². The molecule has 196 valence electrons. The average Bonchev–Trinajstić information content (AvgIpc) is 2.90. The Morgan fingerprint density at radius 1 is 0.861 bits per heavy atom. The maximum Gasteiger partial charge on any atom is 0.224 e. The number of nitrogens with one attached hydrogen (secondary N) is 2. The van der Waals surface area contributed by atoms with Crippen LogP contribution in [0.15, 0.2) is 24.5 Å². The third kappa shape index (κ3) is 8.23. The van der Waals surface area contributed by atoms with E-state index in [0.717, 1.165) is 88.1 Å². The standard InChI is InChI=1S/C28H43N7O/c29-24-11-6-8-15-30-27-23(25-14-13-22(19-32-25)21-35-17-9-4-10-18-35)20-33-28(34-27)31-16-7-3-1-2-5-12-26(24)36/h13-14,19-20,24H,1-12,15-18,21,29H2,(H2,30,31,33,34)/t24-/m1/s1. The number of nitrogens with two attached hydrogens (primary N) is 1. The lowest BCUT2D eigenvalue weighted by atomic mass is 10.0. The number of ketones is 1. The molecule has 2 aromatic heterocycles. The van der Waals surface area contributed by atoms with E-state index in [1.165, 1.54) is 37.9 Å². The zero-order chi connectivity index (χ0) is 25.0. The van der Waals surface area contributed by atoms with Crippen LogP contribution in [0.5, 0.6) is 0 Å². The number of aromatic nitrogens is 3. The lowest BCUT2D eigenvalue weighted by Crippen LogP contribution is -2.30. The van der Waals surface area contributed by atoms with Gasteiger partial charge < -0.3 is 16.4 Å². The molecule has 4 rings (SSSR count). The summed E-state index contributed by atoms with van der Waals surface area (Å²) in [7, 11) is 0. The van der Waals surface area contributed by atoms with Crippen LogP contribution in [0.25, 0.3) is 11.3 Å². The van der Waals surface area contributed by atoms with E-state index in [0.29, 0.717) is 12.4 Å². The van der Waals surface area contributed by atoms with E-state index < -0.39 is 0 Å². The van der Waals surface area contributed by atoms with Gasteiger partial charge in [-0.1, -0.05) is 31.7 Å². The Bertz CT molecular complexity index is 943. The van der Waals surface area contributed by atoms with Crippen molar-refractivity contribution < 1.29 is 4.79 Å². The largest absolute Gasteiger partial charge is 0.369 e. The number of hydrogen-bond donors (Lipinski definition) is 3. The molecule has 1 fully saturated rings. The molecule has 1 atom stereocenters. The summed E-state index contributed by atoms with van der Waals surface area (Å²) >= 11 is 0. The number of fused-ring (bicyclic) bond motifs is 2. The molecule has 2 bridgehead atoms. The van der Waals surface area contributed by atoms with Crippen LogP contribution in [0.1, 0.15) is 82.6 Å². The number of rotatable bonds is 3. The predicted octanol–water partition coefficient (Wildman–Crippen LogP) is 4.77. The minimum atomic E-state index is -0.332. The van der Waals surface area contributed by atoms with Gasteiger partial charge in [-0.3, -0.25) is 14.7 Å².